The van der Waals surface area contributed by atoms with Crippen LogP contribution in [0.15, 0.2) is 42.5 Å². The summed E-state index contributed by atoms with van der Waals surface area (Å²) in [6.45, 7) is -0.530. The fourth-order valence-electron chi connectivity index (χ4n) is 5.06. The maximum absolute atomic E-state index is 13.2. The Morgan fingerprint density at radius 1 is 0.970 bits per heavy atom. The van der Waals surface area contributed by atoms with Gasteiger partial charge in [0.05, 0.1) is 17.7 Å². The lowest BCUT2D eigenvalue weighted by atomic mass is 9.90. The first-order valence-electron chi connectivity index (χ1n) is 11.3. The predicted octanol–water partition coefficient (Wildman–Crippen LogP) is 2.26. The second-order valence-corrected chi connectivity index (χ2v) is 9.72. The quantitative estimate of drug-likeness (QED) is 0.474. The van der Waals surface area contributed by atoms with Gasteiger partial charge in [0.25, 0.3) is 0 Å². The molecule has 0 aromatic heterocycles. The summed E-state index contributed by atoms with van der Waals surface area (Å²) in [5.74, 6) is 2.09. The molecule has 0 bridgehead atoms. The zero-order valence-electron chi connectivity index (χ0n) is 17.9. The van der Waals surface area contributed by atoms with E-state index in [0.29, 0.717) is 11.1 Å². The highest BCUT2D eigenvalue weighted by molar-refractivity contribution is 6.35. The summed E-state index contributed by atoms with van der Waals surface area (Å²) in [7, 11) is 0. The minimum Gasteiger partial charge on any atom is -0.490 e. The molecule has 1 aliphatic heterocycles. The molecule has 8 atom stereocenters. The van der Waals surface area contributed by atoms with Crippen molar-refractivity contribution in [3.8, 4) is 5.75 Å². The Hall–Kier alpha value is -2.00. The lowest BCUT2D eigenvalue weighted by Crippen LogP contribution is -2.55. The maximum Gasteiger partial charge on any atom is 0.194 e. The molecule has 176 valence electrons. The monoisotopic (exact) mass is 474 g/mol. The van der Waals surface area contributed by atoms with Crippen LogP contribution in [0.2, 0.25) is 5.02 Å². The van der Waals surface area contributed by atoms with Crippen molar-refractivity contribution in [1.82, 2.24) is 0 Å². The van der Waals surface area contributed by atoms with E-state index in [0.717, 1.165) is 30.4 Å². The van der Waals surface area contributed by atoms with Gasteiger partial charge in [-0.2, -0.15) is 0 Å². The van der Waals surface area contributed by atoms with Crippen LogP contribution in [-0.4, -0.2) is 63.3 Å². The largest absolute Gasteiger partial charge is 0.490 e. The van der Waals surface area contributed by atoms with Gasteiger partial charge in [-0.05, 0) is 73.1 Å². The van der Waals surface area contributed by atoms with Crippen molar-refractivity contribution in [3.63, 3.8) is 0 Å². The number of carbonyl (C=O) groups excluding carboxylic acids is 1. The second-order valence-electron chi connectivity index (χ2n) is 9.31. The summed E-state index contributed by atoms with van der Waals surface area (Å²) in [4.78, 5) is 13.2. The van der Waals surface area contributed by atoms with Crippen LogP contribution < -0.4 is 4.74 Å². The number of carbonyl (C=O) groups is 1. The Morgan fingerprint density at radius 2 is 1.67 bits per heavy atom. The topological polar surface area (TPSA) is 116 Å². The SMILES string of the molecule is O=C(c1ccc(OC2C[C@@H]3C[C@@H]3C2)cc1)c1cc([C@@H]2O[C@H](CO)[C@@H](O)[C@H](O)[C@H]2O)ccc1Cl. The van der Waals surface area contributed by atoms with Gasteiger partial charge >= 0.3 is 0 Å². The molecule has 2 saturated carbocycles. The standard InChI is InChI=1S/C25H27ClO7/c26-19-6-3-13(25-24(31)23(30)22(29)20(11-27)33-25)10-18(19)21(28)12-1-4-16(5-2-12)32-17-8-14-7-15(14)9-17/h1-6,10,14-15,17,20,22-25,27,29-31H,7-9,11H2/t14-,15+,17?,20-,22-,23+,24-,25+/m1/s1. The molecule has 4 N–H and O–H groups in total. The zero-order valence-corrected chi connectivity index (χ0v) is 18.6. The summed E-state index contributed by atoms with van der Waals surface area (Å²) in [6.07, 6.45) is -2.70. The minimum absolute atomic E-state index is 0.218. The lowest BCUT2D eigenvalue weighted by Gasteiger charge is -2.40. The van der Waals surface area contributed by atoms with Gasteiger partial charge in [-0.15, -0.1) is 0 Å². The maximum atomic E-state index is 13.2. The zero-order chi connectivity index (χ0) is 23.3. The first-order chi connectivity index (χ1) is 15.9. The molecule has 5 rings (SSSR count). The van der Waals surface area contributed by atoms with Crippen LogP contribution in [0.3, 0.4) is 0 Å². The molecule has 33 heavy (non-hydrogen) atoms. The van der Waals surface area contributed by atoms with Gasteiger partial charge in [0.15, 0.2) is 5.78 Å². The number of aliphatic hydroxyl groups excluding tert-OH is 4. The van der Waals surface area contributed by atoms with Crippen LogP contribution in [-0.2, 0) is 4.74 Å². The van der Waals surface area contributed by atoms with E-state index in [9.17, 15) is 25.2 Å². The number of ether oxygens (including phenoxy) is 2. The molecule has 2 aromatic carbocycles. The van der Waals surface area contributed by atoms with Crippen LogP contribution in [0.1, 0.15) is 46.9 Å². The van der Waals surface area contributed by atoms with Crippen LogP contribution in [0.4, 0.5) is 0 Å². The second kappa shape index (κ2) is 8.98. The average Bonchev–Trinajstić information content (AvgIpc) is 3.44. The summed E-state index contributed by atoms with van der Waals surface area (Å²) < 4.78 is 11.6. The molecule has 2 aliphatic carbocycles. The molecule has 0 amide bonds. The molecular formula is C25H27ClO7. The summed E-state index contributed by atoms with van der Waals surface area (Å²) in [6, 6.07) is 11.6. The van der Waals surface area contributed by atoms with Crippen LogP contribution >= 0.6 is 11.6 Å². The van der Waals surface area contributed by atoms with E-state index < -0.39 is 37.1 Å². The first-order valence-corrected chi connectivity index (χ1v) is 11.6. The highest BCUT2D eigenvalue weighted by atomic mass is 35.5. The molecule has 1 unspecified atom stereocenters. The molecule has 7 nitrogen and oxygen atoms in total. The normalized spacial score (nSPS) is 35.2. The summed E-state index contributed by atoms with van der Waals surface area (Å²) in [5.41, 5.74) is 1.06. The third kappa shape index (κ3) is 4.41. The summed E-state index contributed by atoms with van der Waals surface area (Å²) in [5, 5.41) is 40.2. The van der Waals surface area contributed by atoms with Gasteiger partial charge in [-0.3, -0.25) is 4.79 Å². The minimum atomic E-state index is -1.51. The fraction of sp³-hybridized carbons (Fsp3) is 0.480. The fourth-order valence-corrected chi connectivity index (χ4v) is 5.26. The highest BCUT2D eigenvalue weighted by Crippen LogP contribution is 2.52. The number of hydrogen-bond acceptors (Lipinski definition) is 7. The number of hydrogen-bond donors (Lipinski definition) is 4. The van der Waals surface area contributed by atoms with Crippen LogP contribution in [0.25, 0.3) is 0 Å². The van der Waals surface area contributed by atoms with E-state index >= 15 is 0 Å². The molecule has 3 aliphatic rings. The third-order valence-corrected chi connectivity index (χ3v) is 7.41. The van der Waals surface area contributed by atoms with Gasteiger partial charge in [0.2, 0.25) is 0 Å². The Bertz CT molecular complexity index is 1010. The number of halogens is 1. The lowest BCUT2D eigenvalue weighted by molar-refractivity contribution is -0.231. The molecule has 0 radical (unpaired) electrons. The van der Waals surface area contributed by atoms with E-state index in [1.165, 1.54) is 18.6 Å². The van der Waals surface area contributed by atoms with Crippen molar-refractivity contribution in [2.45, 2.75) is 55.9 Å². The van der Waals surface area contributed by atoms with Gasteiger partial charge in [-0.25, -0.2) is 0 Å². The average molecular weight is 475 g/mol. The van der Waals surface area contributed by atoms with E-state index in [4.69, 9.17) is 21.1 Å². The first kappa shape index (κ1) is 22.8. The van der Waals surface area contributed by atoms with Crippen molar-refractivity contribution in [3.05, 3.63) is 64.2 Å². The van der Waals surface area contributed by atoms with Gasteiger partial charge in [0, 0.05) is 11.1 Å². The number of benzene rings is 2. The number of ketones is 1. The molecular weight excluding hydrogens is 448 g/mol. The number of aliphatic hydroxyl groups is 4. The molecule has 1 heterocycles. The molecule has 0 spiro atoms. The summed E-state index contributed by atoms with van der Waals surface area (Å²) >= 11 is 6.31. The van der Waals surface area contributed by atoms with E-state index in [1.807, 2.05) is 0 Å². The molecule has 1 saturated heterocycles. The van der Waals surface area contributed by atoms with Crippen molar-refractivity contribution in [2.75, 3.05) is 6.61 Å². The van der Waals surface area contributed by atoms with E-state index in [1.54, 1.807) is 30.3 Å². The third-order valence-electron chi connectivity index (χ3n) is 7.08. The van der Waals surface area contributed by atoms with Crippen LogP contribution in [0.5, 0.6) is 5.75 Å². The Labute approximate surface area is 196 Å². The predicted molar refractivity (Wildman–Crippen MR) is 119 cm³/mol. The van der Waals surface area contributed by atoms with Gasteiger partial charge in [-0.1, -0.05) is 17.7 Å². The Balaban J connectivity index is 1.33. The van der Waals surface area contributed by atoms with E-state index in [2.05, 4.69) is 0 Å². The van der Waals surface area contributed by atoms with Gasteiger partial charge < -0.3 is 29.9 Å². The number of fused-ring (bicyclic) bond motifs is 1. The van der Waals surface area contributed by atoms with Crippen molar-refractivity contribution >= 4 is 17.4 Å². The molecule has 8 heteroatoms. The molecule has 3 fully saturated rings. The van der Waals surface area contributed by atoms with Crippen molar-refractivity contribution in [1.29, 1.82) is 0 Å². The van der Waals surface area contributed by atoms with E-state index in [-0.39, 0.29) is 22.5 Å². The van der Waals surface area contributed by atoms with Gasteiger partial charge in [0.1, 0.15) is 36.3 Å². The highest BCUT2D eigenvalue weighted by Gasteiger charge is 2.47. The van der Waals surface area contributed by atoms with Crippen molar-refractivity contribution in [2.24, 2.45) is 11.8 Å². The van der Waals surface area contributed by atoms with Crippen molar-refractivity contribution < 1.29 is 34.7 Å². The number of rotatable bonds is 6. The molecule has 2 aromatic rings. The van der Waals surface area contributed by atoms with Crippen LogP contribution in [0, 0.1) is 11.8 Å². The smallest absolute Gasteiger partial charge is 0.194 e. The Kier molecular flexibility index (Phi) is 6.20. The Morgan fingerprint density at radius 3 is 2.33 bits per heavy atom.